The summed E-state index contributed by atoms with van der Waals surface area (Å²) in [6.07, 6.45) is 4.48. The van der Waals surface area contributed by atoms with Gasteiger partial charge in [0, 0.05) is 60.3 Å². The SMILES string of the molecule is CCc1ccc2c(-c3ccc(Cl)cc3F)nc(N3CCOCC3)cc2n1.Cn1cccn1. The maximum absolute atomic E-state index is 14.6. The number of morpholine rings is 1. The molecular weight excluding hydrogens is 429 g/mol. The van der Waals surface area contributed by atoms with Crippen LogP contribution in [0.1, 0.15) is 12.6 Å². The van der Waals surface area contributed by atoms with Gasteiger partial charge in [-0.15, -0.1) is 0 Å². The average molecular weight is 454 g/mol. The monoisotopic (exact) mass is 453 g/mol. The van der Waals surface area contributed by atoms with E-state index in [1.54, 1.807) is 23.0 Å². The molecule has 3 aromatic heterocycles. The number of anilines is 1. The molecule has 0 aliphatic carbocycles. The fourth-order valence-electron chi connectivity index (χ4n) is 3.54. The molecule has 0 unspecified atom stereocenters. The van der Waals surface area contributed by atoms with Gasteiger partial charge in [-0.1, -0.05) is 18.5 Å². The number of fused-ring (bicyclic) bond motifs is 1. The van der Waals surface area contributed by atoms with E-state index >= 15 is 0 Å². The summed E-state index contributed by atoms with van der Waals surface area (Å²) in [5.41, 5.74) is 2.85. The van der Waals surface area contributed by atoms with E-state index in [0.29, 0.717) is 29.5 Å². The third-order valence-corrected chi connectivity index (χ3v) is 5.49. The highest BCUT2D eigenvalue weighted by atomic mass is 35.5. The standard InChI is InChI=1S/C20H19ClFN3O.C4H6N2/c1-2-14-4-6-16-18(23-14)12-19(25-7-9-26-10-8-25)24-20(16)15-5-3-13(21)11-17(15)22;1-6-4-2-3-5-6/h3-6,11-12H,2,7-10H2,1H3;2-4H,1H3. The zero-order valence-electron chi connectivity index (χ0n) is 18.1. The van der Waals surface area contributed by atoms with E-state index in [1.165, 1.54) is 6.07 Å². The molecule has 0 atom stereocenters. The van der Waals surface area contributed by atoms with Crippen molar-refractivity contribution in [2.45, 2.75) is 13.3 Å². The molecule has 0 amide bonds. The first-order valence-corrected chi connectivity index (χ1v) is 11.0. The Kier molecular flexibility index (Phi) is 6.97. The molecule has 1 aromatic carbocycles. The maximum Gasteiger partial charge on any atom is 0.134 e. The molecule has 0 saturated carbocycles. The Hall–Kier alpha value is -3.03. The van der Waals surface area contributed by atoms with Gasteiger partial charge in [0.05, 0.1) is 24.4 Å². The van der Waals surface area contributed by atoms with Crippen molar-refractivity contribution in [2.75, 3.05) is 31.2 Å². The summed E-state index contributed by atoms with van der Waals surface area (Å²) in [7, 11) is 1.89. The van der Waals surface area contributed by atoms with Crippen LogP contribution in [0.2, 0.25) is 5.02 Å². The summed E-state index contributed by atoms with van der Waals surface area (Å²) in [4.78, 5) is 11.7. The van der Waals surface area contributed by atoms with Crippen LogP contribution in [0.15, 0.2) is 54.9 Å². The number of hydrogen-bond acceptors (Lipinski definition) is 5. The Morgan fingerprint density at radius 3 is 2.53 bits per heavy atom. The molecule has 5 rings (SSSR count). The molecule has 6 nitrogen and oxygen atoms in total. The van der Waals surface area contributed by atoms with Crippen molar-refractivity contribution < 1.29 is 9.13 Å². The number of rotatable bonds is 3. The van der Waals surface area contributed by atoms with Crippen LogP contribution in [0, 0.1) is 5.82 Å². The lowest BCUT2D eigenvalue weighted by Crippen LogP contribution is -2.36. The van der Waals surface area contributed by atoms with Crippen molar-refractivity contribution >= 4 is 28.3 Å². The summed E-state index contributed by atoms with van der Waals surface area (Å²) in [5.74, 6) is 0.413. The molecule has 4 heterocycles. The second-order valence-corrected chi connectivity index (χ2v) is 7.89. The van der Waals surface area contributed by atoms with Crippen molar-refractivity contribution in [1.82, 2.24) is 19.7 Å². The third kappa shape index (κ3) is 5.06. The Morgan fingerprint density at radius 1 is 1.09 bits per heavy atom. The van der Waals surface area contributed by atoms with Crippen molar-refractivity contribution in [3.63, 3.8) is 0 Å². The molecule has 1 fully saturated rings. The third-order valence-electron chi connectivity index (χ3n) is 5.25. The first kappa shape index (κ1) is 22.2. The van der Waals surface area contributed by atoms with Gasteiger partial charge in [0.15, 0.2) is 0 Å². The lowest BCUT2D eigenvalue weighted by Gasteiger charge is -2.28. The minimum atomic E-state index is -0.384. The van der Waals surface area contributed by atoms with Gasteiger partial charge in [0.25, 0.3) is 0 Å². The van der Waals surface area contributed by atoms with Gasteiger partial charge in [0.1, 0.15) is 11.6 Å². The van der Waals surface area contributed by atoms with Crippen LogP contribution in [0.3, 0.4) is 0 Å². The minimum absolute atomic E-state index is 0.367. The lowest BCUT2D eigenvalue weighted by atomic mass is 10.0. The number of pyridine rings is 2. The number of nitrogens with zero attached hydrogens (tertiary/aromatic N) is 5. The zero-order chi connectivity index (χ0) is 22.5. The van der Waals surface area contributed by atoms with Crippen LogP contribution in [0.5, 0.6) is 0 Å². The van der Waals surface area contributed by atoms with Gasteiger partial charge in [-0.25, -0.2) is 9.37 Å². The molecular formula is C24H25ClFN5O. The molecule has 1 aliphatic heterocycles. The number of halogens is 2. The van der Waals surface area contributed by atoms with Gasteiger partial charge in [-0.05, 0) is 42.8 Å². The predicted octanol–water partition coefficient (Wildman–Crippen LogP) is 4.91. The number of hydrogen-bond donors (Lipinski definition) is 0. The van der Waals surface area contributed by atoms with Crippen LogP contribution in [-0.2, 0) is 18.2 Å². The smallest absolute Gasteiger partial charge is 0.134 e. The van der Waals surface area contributed by atoms with Gasteiger partial charge in [0.2, 0.25) is 0 Å². The molecule has 1 saturated heterocycles. The largest absolute Gasteiger partial charge is 0.378 e. The highest BCUT2D eigenvalue weighted by Crippen LogP contribution is 2.32. The van der Waals surface area contributed by atoms with Crippen molar-refractivity contribution in [2.24, 2.45) is 7.05 Å². The topological polar surface area (TPSA) is 56.1 Å². The molecule has 0 spiro atoms. The van der Waals surface area contributed by atoms with E-state index in [1.807, 2.05) is 37.5 Å². The summed E-state index contributed by atoms with van der Waals surface area (Å²) >= 11 is 5.92. The fourth-order valence-corrected chi connectivity index (χ4v) is 3.70. The van der Waals surface area contributed by atoms with Gasteiger partial charge >= 0.3 is 0 Å². The minimum Gasteiger partial charge on any atom is -0.378 e. The Morgan fingerprint density at radius 2 is 1.91 bits per heavy atom. The van der Waals surface area contributed by atoms with E-state index in [9.17, 15) is 4.39 Å². The van der Waals surface area contributed by atoms with Crippen molar-refractivity contribution in [1.29, 1.82) is 0 Å². The first-order chi connectivity index (χ1) is 15.5. The molecule has 4 aromatic rings. The molecule has 32 heavy (non-hydrogen) atoms. The normalized spacial score (nSPS) is 13.7. The maximum atomic E-state index is 14.6. The van der Waals surface area contributed by atoms with E-state index < -0.39 is 0 Å². The van der Waals surface area contributed by atoms with Crippen LogP contribution in [0.4, 0.5) is 10.2 Å². The molecule has 1 aliphatic rings. The van der Waals surface area contributed by atoms with Crippen LogP contribution in [0.25, 0.3) is 22.2 Å². The lowest BCUT2D eigenvalue weighted by molar-refractivity contribution is 0.122. The summed E-state index contributed by atoms with van der Waals surface area (Å²) in [6, 6.07) is 12.5. The molecule has 166 valence electrons. The van der Waals surface area contributed by atoms with Crippen LogP contribution < -0.4 is 4.90 Å². The summed E-state index contributed by atoms with van der Waals surface area (Å²) < 4.78 is 21.8. The number of ether oxygens (including phenoxy) is 1. The summed E-state index contributed by atoms with van der Waals surface area (Å²) in [6.45, 7) is 4.90. The van der Waals surface area contributed by atoms with Crippen molar-refractivity contribution in [3.05, 3.63) is 71.4 Å². The van der Waals surface area contributed by atoms with Crippen LogP contribution in [-0.4, -0.2) is 46.1 Å². The van der Waals surface area contributed by atoms with E-state index in [0.717, 1.165) is 41.9 Å². The molecule has 8 heteroatoms. The molecule has 0 radical (unpaired) electrons. The van der Waals surface area contributed by atoms with Gasteiger partial charge in [-0.3, -0.25) is 9.67 Å². The number of aryl methyl sites for hydroxylation is 2. The Balaban J connectivity index is 0.000000354. The second kappa shape index (κ2) is 10.1. The highest BCUT2D eigenvalue weighted by Gasteiger charge is 2.18. The predicted molar refractivity (Wildman–Crippen MR) is 126 cm³/mol. The quantitative estimate of drug-likeness (QED) is 0.441. The van der Waals surface area contributed by atoms with E-state index in [4.69, 9.17) is 26.3 Å². The number of aromatic nitrogens is 4. The zero-order valence-corrected chi connectivity index (χ0v) is 18.9. The second-order valence-electron chi connectivity index (χ2n) is 7.46. The fraction of sp³-hybridized carbons (Fsp3) is 0.292. The van der Waals surface area contributed by atoms with Crippen LogP contribution >= 0.6 is 11.6 Å². The Labute approximate surface area is 191 Å². The highest BCUT2D eigenvalue weighted by molar-refractivity contribution is 6.30. The first-order valence-electron chi connectivity index (χ1n) is 10.6. The Bertz CT molecular complexity index is 1190. The molecule has 0 bridgehead atoms. The van der Waals surface area contributed by atoms with Gasteiger partial charge < -0.3 is 9.64 Å². The van der Waals surface area contributed by atoms with E-state index in [2.05, 4.69) is 16.9 Å². The van der Waals surface area contributed by atoms with Crippen molar-refractivity contribution in [3.8, 4) is 11.3 Å². The van der Waals surface area contributed by atoms with E-state index in [-0.39, 0.29) is 5.82 Å². The van der Waals surface area contributed by atoms with Gasteiger partial charge in [-0.2, -0.15) is 5.10 Å². The number of benzene rings is 1. The summed E-state index contributed by atoms with van der Waals surface area (Å²) in [5, 5.41) is 5.03. The molecule has 0 N–H and O–H groups in total. The average Bonchev–Trinajstić information content (AvgIpc) is 3.30.